The van der Waals surface area contributed by atoms with E-state index in [1.54, 1.807) is 0 Å². The van der Waals surface area contributed by atoms with Gasteiger partial charge in [-0.3, -0.25) is 0 Å². The lowest BCUT2D eigenvalue weighted by molar-refractivity contribution is 0.192. The highest BCUT2D eigenvalue weighted by atomic mass is 15.1. The van der Waals surface area contributed by atoms with Gasteiger partial charge in [0.2, 0.25) is 0 Å². The predicted molar refractivity (Wildman–Crippen MR) is 92.7 cm³/mol. The normalized spacial score (nSPS) is 26.1. The van der Waals surface area contributed by atoms with Crippen molar-refractivity contribution >= 4 is 5.69 Å². The fourth-order valence-electron chi connectivity index (χ4n) is 3.59. The van der Waals surface area contributed by atoms with Crippen LogP contribution in [-0.4, -0.2) is 19.1 Å². The van der Waals surface area contributed by atoms with Gasteiger partial charge in [0.25, 0.3) is 0 Å². The quantitative estimate of drug-likeness (QED) is 0.879. The molecule has 1 fully saturated rings. The van der Waals surface area contributed by atoms with Crippen LogP contribution in [0.3, 0.4) is 0 Å². The minimum absolute atomic E-state index is 0.375. The molecule has 1 saturated carbocycles. The number of benzene rings is 1. The van der Waals surface area contributed by atoms with Gasteiger partial charge < -0.3 is 10.6 Å². The van der Waals surface area contributed by atoms with Crippen molar-refractivity contribution in [3.05, 3.63) is 29.8 Å². The first kappa shape index (κ1) is 16.4. The van der Waals surface area contributed by atoms with Crippen molar-refractivity contribution in [2.45, 2.75) is 53.0 Å². The van der Waals surface area contributed by atoms with Crippen LogP contribution in [0.25, 0.3) is 0 Å². The number of nitrogens with two attached hydrogens (primary N) is 1. The summed E-state index contributed by atoms with van der Waals surface area (Å²) in [7, 11) is 0. The number of aryl methyl sites for hydroxylation is 1. The number of hydrogen-bond acceptors (Lipinski definition) is 2. The molecule has 0 amide bonds. The van der Waals surface area contributed by atoms with Gasteiger partial charge in [0.1, 0.15) is 0 Å². The number of nitrogens with zero attached hydrogens (tertiary/aromatic N) is 1. The molecule has 2 N–H and O–H groups in total. The van der Waals surface area contributed by atoms with E-state index < -0.39 is 0 Å². The largest absolute Gasteiger partial charge is 0.371 e. The van der Waals surface area contributed by atoms with Crippen LogP contribution in [0.5, 0.6) is 0 Å². The van der Waals surface area contributed by atoms with Crippen molar-refractivity contribution in [2.75, 3.05) is 18.0 Å². The Morgan fingerprint density at radius 3 is 2.43 bits per heavy atom. The van der Waals surface area contributed by atoms with Crippen molar-refractivity contribution < 1.29 is 0 Å². The molecule has 2 rings (SSSR count). The second-order valence-corrected chi connectivity index (χ2v) is 7.12. The third-order valence-electron chi connectivity index (χ3n) is 5.26. The first-order valence-corrected chi connectivity index (χ1v) is 8.58. The van der Waals surface area contributed by atoms with Crippen LogP contribution in [0.2, 0.25) is 0 Å². The summed E-state index contributed by atoms with van der Waals surface area (Å²) in [6, 6.07) is 9.27. The summed E-state index contributed by atoms with van der Waals surface area (Å²) < 4.78 is 0. The Morgan fingerprint density at radius 2 is 1.86 bits per heavy atom. The molecule has 21 heavy (non-hydrogen) atoms. The molecular weight excluding hydrogens is 256 g/mol. The highest BCUT2D eigenvalue weighted by Crippen LogP contribution is 2.34. The smallest absolute Gasteiger partial charge is 0.0366 e. The minimum Gasteiger partial charge on any atom is -0.371 e. The van der Waals surface area contributed by atoms with Gasteiger partial charge in [-0.25, -0.2) is 0 Å². The van der Waals surface area contributed by atoms with Crippen LogP contribution in [-0.2, 0) is 0 Å². The lowest BCUT2D eigenvalue weighted by atomic mass is 9.73. The molecule has 0 aliphatic heterocycles. The lowest BCUT2D eigenvalue weighted by Crippen LogP contribution is -2.44. The number of hydrogen-bond donors (Lipinski definition) is 1. The summed E-state index contributed by atoms with van der Waals surface area (Å²) in [5.74, 6) is 2.27. The molecule has 3 unspecified atom stereocenters. The van der Waals surface area contributed by atoms with E-state index in [2.05, 4.69) is 56.9 Å². The average molecular weight is 288 g/mol. The molecule has 0 radical (unpaired) electrons. The maximum absolute atomic E-state index is 6.42. The van der Waals surface area contributed by atoms with Crippen LogP contribution >= 0.6 is 0 Å². The zero-order valence-corrected chi connectivity index (χ0v) is 14.2. The maximum atomic E-state index is 6.42. The number of rotatable bonds is 5. The van der Waals surface area contributed by atoms with E-state index in [0.717, 1.165) is 24.9 Å². The summed E-state index contributed by atoms with van der Waals surface area (Å²) in [4.78, 5) is 2.49. The topological polar surface area (TPSA) is 29.3 Å². The SMILES string of the molecule is CCN(CC1CC(C(C)C)CCC1N)c1ccc(C)cc1. The zero-order chi connectivity index (χ0) is 15.4. The monoisotopic (exact) mass is 288 g/mol. The highest BCUT2D eigenvalue weighted by molar-refractivity contribution is 5.47. The molecule has 0 saturated heterocycles. The maximum Gasteiger partial charge on any atom is 0.0366 e. The Labute approximate surface area is 130 Å². The summed E-state index contributed by atoms with van der Waals surface area (Å²) in [6.07, 6.45) is 3.80. The van der Waals surface area contributed by atoms with E-state index in [0.29, 0.717) is 12.0 Å². The van der Waals surface area contributed by atoms with Gasteiger partial charge in [-0.1, -0.05) is 31.5 Å². The first-order chi connectivity index (χ1) is 10.0. The Morgan fingerprint density at radius 1 is 1.19 bits per heavy atom. The predicted octanol–water partition coefficient (Wildman–Crippen LogP) is 4.22. The Balaban J connectivity index is 2.04. The Bertz CT molecular complexity index is 424. The average Bonchev–Trinajstić information content (AvgIpc) is 2.47. The van der Waals surface area contributed by atoms with Gasteiger partial charge in [-0.05, 0) is 63.0 Å². The van der Waals surface area contributed by atoms with E-state index in [-0.39, 0.29) is 0 Å². The van der Waals surface area contributed by atoms with Crippen molar-refractivity contribution in [1.82, 2.24) is 0 Å². The second-order valence-electron chi connectivity index (χ2n) is 7.12. The van der Waals surface area contributed by atoms with Crippen LogP contribution < -0.4 is 10.6 Å². The number of anilines is 1. The lowest BCUT2D eigenvalue weighted by Gasteiger charge is -2.39. The molecule has 1 aromatic rings. The third kappa shape index (κ3) is 4.23. The molecule has 1 aromatic carbocycles. The van der Waals surface area contributed by atoms with E-state index in [1.807, 2.05) is 0 Å². The van der Waals surface area contributed by atoms with Crippen molar-refractivity contribution in [1.29, 1.82) is 0 Å². The van der Waals surface area contributed by atoms with Gasteiger partial charge in [-0.2, -0.15) is 0 Å². The molecule has 2 heteroatoms. The summed E-state index contributed by atoms with van der Waals surface area (Å²) >= 11 is 0. The summed E-state index contributed by atoms with van der Waals surface area (Å²) in [6.45, 7) is 11.3. The van der Waals surface area contributed by atoms with E-state index in [1.165, 1.54) is 30.5 Å². The first-order valence-electron chi connectivity index (χ1n) is 8.58. The van der Waals surface area contributed by atoms with Crippen LogP contribution in [0.15, 0.2) is 24.3 Å². The van der Waals surface area contributed by atoms with Crippen LogP contribution in [0, 0.1) is 24.7 Å². The molecule has 3 atom stereocenters. The molecule has 2 nitrogen and oxygen atoms in total. The van der Waals surface area contributed by atoms with Gasteiger partial charge in [0.15, 0.2) is 0 Å². The molecule has 1 aliphatic carbocycles. The van der Waals surface area contributed by atoms with Crippen LogP contribution in [0.1, 0.15) is 45.6 Å². The van der Waals surface area contributed by atoms with Gasteiger partial charge in [0, 0.05) is 24.8 Å². The van der Waals surface area contributed by atoms with Crippen molar-refractivity contribution in [3.8, 4) is 0 Å². The second kappa shape index (κ2) is 7.31. The fourth-order valence-corrected chi connectivity index (χ4v) is 3.59. The standard InChI is InChI=1S/C19H32N2/c1-5-21(18-9-6-15(4)7-10-18)13-17-12-16(14(2)3)8-11-19(17)20/h6-7,9-10,14,16-17,19H,5,8,11-13,20H2,1-4H3. The minimum atomic E-state index is 0.375. The van der Waals surface area contributed by atoms with Gasteiger partial charge in [-0.15, -0.1) is 0 Å². The van der Waals surface area contributed by atoms with E-state index in [4.69, 9.17) is 5.73 Å². The van der Waals surface area contributed by atoms with E-state index in [9.17, 15) is 0 Å². The van der Waals surface area contributed by atoms with Crippen LogP contribution in [0.4, 0.5) is 5.69 Å². The molecule has 0 aromatic heterocycles. The highest BCUT2D eigenvalue weighted by Gasteiger charge is 2.30. The third-order valence-corrected chi connectivity index (χ3v) is 5.26. The molecular formula is C19H32N2. The zero-order valence-electron chi connectivity index (χ0n) is 14.2. The molecule has 0 spiro atoms. The van der Waals surface area contributed by atoms with Crippen molar-refractivity contribution in [2.24, 2.45) is 23.5 Å². The fraction of sp³-hybridized carbons (Fsp3) is 0.684. The molecule has 118 valence electrons. The van der Waals surface area contributed by atoms with E-state index >= 15 is 0 Å². The summed E-state index contributed by atoms with van der Waals surface area (Å²) in [5, 5.41) is 0. The molecule has 1 aliphatic rings. The molecule has 0 heterocycles. The van der Waals surface area contributed by atoms with Gasteiger partial charge in [0.05, 0.1) is 0 Å². The summed E-state index contributed by atoms with van der Waals surface area (Å²) in [5.41, 5.74) is 9.08. The van der Waals surface area contributed by atoms with Gasteiger partial charge >= 0.3 is 0 Å². The molecule has 0 bridgehead atoms. The van der Waals surface area contributed by atoms with Crippen molar-refractivity contribution in [3.63, 3.8) is 0 Å². The Kier molecular flexibility index (Phi) is 5.69. The Hall–Kier alpha value is -1.02.